The molecule has 1 atom stereocenters. The molecular formula is C13H21NO2. The molecule has 0 amide bonds. The van der Waals surface area contributed by atoms with Crippen molar-refractivity contribution in [2.24, 2.45) is 0 Å². The van der Waals surface area contributed by atoms with E-state index in [-0.39, 0.29) is 5.97 Å². The maximum absolute atomic E-state index is 11.0. The summed E-state index contributed by atoms with van der Waals surface area (Å²) in [6.07, 6.45) is 11.6. The van der Waals surface area contributed by atoms with E-state index in [0.717, 1.165) is 6.04 Å². The Morgan fingerprint density at radius 1 is 1.25 bits per heavy atom. The number of hydrogen-bond acceptors (Lipinski definition) is 3. The maximum Gasteiger partial charge on any atom is 0.330 e. The normalized spacial score (nSPS) is 27.9. The lowest BCUT2D eigenvalue weighted by molar-refractivity contribution is -0.134. The van der Waals surface area contributed by atoms with E-state index in [9.17, 15) is 4.79 Å². The van der Waals surface area contributed by atoms with Gasteiger partial charge in [-0.25, -0.2) is 4.79 Å². The van der Waals surface area contributed by atoms with Crippen LogP contribution < -0.4 is 0 Å². The van der Waals surface area contributed by atoms with Gasteiger partial charge < -0.3 is 4.74 Å². The second kappa shape index (κ2) is 5.48. The molecule has 3 nitrogen and oxygen atoms in total. The van der Waals surface area contributed by atoms with Gasteiger partial charge in [0.25, 0.3) is 0 Å². The molecule has 0 spiro atoms. The Labute approximate surface area is 97.5 Å². The van der Waals surface area contributed by atoms with E-state index < -0.39 is 0 Å². The number of ether oxygens (including phenoxy) is 1. The van der Waals surface area contributed by atoms with Crippen LogP contribution in [0, 0.1) is 0 Å². The van der Waals surface area contributed by atoms with Gasteiger partial charge in [-0.15, -0.1) is 0 Å². The molecule has 1 heterocycles. The van der Waals surface area contributed by atoms with E-state index >= 15 is 0 Å². The van der Waals surface area contributed by atoms with Gasteiger partial charge in [0.2, 0.25) is 0 Å². The van der Waals surface area contributed by atoms with Crippen molar-refractivity contribution < 1.29 is 9.53 Å². The van der Waals surface area contributed by atoms with Crippen molar-refractivity contribution in [2.75, 3.05) is 13.7 Å². The number of likely N-dealkylation sites (tertiary alicyclic amines) is 1. The third kappa shape index (κ3) is 2.64. The molecule has 0 aromatic heterocycles. The summed E-state index contributed by atoms with van der Waals surface area (Å²) in [6.45, 7) is 1.20. The molecule has 3 heteroatoms. The van der Waals surface area contributed by atoms with Gasteiger partial charge >= 0.3 is 5.97 Å². The first-order chi connectivity index (χ1) is 7.81. The monoisotopic (exact) mass is 223 g/mol. The lowest BCUT2D eigenvalue weighted by Crippen LogP contribution is -2.52. The highest BCUT2D eigenvalue weighted by atomic mass is 16.5. The van der Waals surface area contributed by atoms with Crippen molar-refractivity contribution in [2.45, 2.75) is 50.6 Å². The quantitative estimate of drug-likeness (QED) is 0.542. The molecule has 0 N–H and O–H groups in total. The van der Waals surface area contributed by atoms with Crippen molar-refractivity contribution in [3.05, 3.63) is 12.2 Å². The summed E-state index contributed by atoms with van der Waals surface area (Å²) in [5.74, 6) is -0.240. The standard InChI is InChI=1S/C13H21NO2/c1-16-13(15)8-7-12-9-10-14(12)11-5-3-2-4-6-11/h7-8,11-12H,2-6,9-10H2,1H3/b8-7+. The molecule has 0 aromatic rings. The highest BCUT2D eigenvalue weighted by Crippen LogP contribution is 2.30. The topological polar surface area (TPSA) is 29.5 Å². The van der Waals surface area contributed by atoms with E-state index in [2.05, 4.69) is 9.64 Å². The molecule has 0 aromatic carbocycles. The number of rotatable bonds is 3. The Bertz CT molecular complexity index is 269. The Morgan fingerprint density at radius 3 is 2.56 bits per heavy atom. The van der Waals surface area contributed by atoms with Gasteiger partial charge in [-0.1, -0.05) is 25.3 Å². The number of carbonyl (C=O) groups excluding carboxylic acids is 1. The fraction of sp³-hybridized carbons (Fsp3) is 0.769. The molecule has 2 rings (SSSR count). The van der Waals surface area contributed by atoms with Crippen LogP contribution in [0.2, 0.25) is 0 Å². The first kappa shape index (κ1) is 11.6. The summed E-state index contributed by atoms with van der Waals surface area (Å²) in [7, 11) is 1.42. The minimum atomic E-state index is -0.240. The third-order valence-corrected chi connectivity index (χ3v) is 3.81. The molecule has 1 unspecified atom stereocenters. The van der Waals surface area contributed by atoms with Gasteiger partial charge in [-0.05, 0) is 19.3 Å². The highest BCUT2D eigenvalue weighted by molar-refractivity contribution is 5.81. The molecule has 0 bridgehead atoms. The smallest absolute Gasteiger partial charge is 0.330 e. The zero-order chi connectivity index (χ0) is 11.4. The van der Waals surface area contributed by atoms with Gasteiger partial charge in [-0.3, -0.25) is 4.90 Å². The van der Waals surface area contributed by atoms with Crippen molar-refractivity contribution in [1.29, 1.82) is 0 Å². The summed E-state index contributed by atoms with van der Waals surface area (Å²) < 4.78 is 4.61. The first-order valence-corrected chi connectivity index (χ1v) is 6.33. The highest BCUT2D eigenvalue weighted by Gasteiger charge is 2.32. The van der Waals surface area contributed by atoms with Gasteiger partial charge in [-0.2, -0.15) is 0 Å². The van der Waals surface area contributed by atoms with Crippen LogP contribution >= 0.6 is 0 Å². The molecule has 1 saturated carbocycles. The molecular weight excluding hydrogens is 202 g/mol. The predicted octanol–water partition coefficient (Wildman–Crippen LogP) is 2.12. The van der Waals surface area contributed by atoms with Crippen LogP contribution in [0.25, 0.3) is 0 Å². The molecule has 90 valence electrons. The number of hydrogen-bond donors (Lipinski definition) is 0. The zero-order valence-electron chi connectivity index (χ0n) is 10.0. The van der Waals surface area contributed by atoms with Crippen molar-refractivity contribution in [3.63, 3.8) is 0 Å². The van der Waals surface area contributed by atoms with Crippen LogP contribution in [-0.2, 0) is 9.53 Å². The molecule has 2 fully saturated rings. The largest absolute Gasteiger partial charge is 0.466 e. The Kier molecular flexibility index (Phi) is 3.99. The summed E-state index contributed by atoms with van der Waals surface area (Å²) in [5.41, 5.74) is 0. The van der Waals surface area contributed by atoms with Crippen LogP contribution in [0.5, 0.6) is 0 Å². The average Bonchev–Trinajstić information content (AvgIpc) is 2.29. The summed E-state index contributed by atoms with van der Waals surface area (Å²) >= 11 is 0. The van der Waals surface area contributed by atoms with Crippen molar-refractivity contribution in [1.82, 2.24) is 4.90 Å². The van der Waals surface area contributed by atoms with Crippen LogP contribution in [-0.4, -0.2) is 36.6 Å². The van der Waals surface area contributed by atoms with Crippen LogP contribution in [0.1, 0.15) is 38.5 Å². The number of methoxy groups -OCH3 is 1. The van der Waals surface area contributed by atoms with E-state index in [0.29, 0.717) is 6.04 Å². The van der Waals surface area contributed by atoms with E-state index in [1.807, 2.05) is 6.08 Å². The molecule has 1 aliphatic heterocycles. The second-order valence-corrected chi connectivity index (χ2v) is 4.77. The minimum absolute atomic E-state index is 0.240. The van der Waals surface area contributed by atoms with Crippen LogP contribution in [0.3, 0.4) is 0 Å². The molecule has 16 heavy (non-hydrogen) atoms. The Balaban J connectivity index is 1.83. The van der Waals surface area contributed by atoms with Gasteiger partial charge in [0, 0.05) is 24.7 Å². The lowest BCUT2D eigenvalue weighted by Gasteiger charge is -2.46. The van der Waals surface area contributed by atoms with E-state index in [1.165, 1.54) is 52.2 Å². The lowest BCUT2D eigenvalue weighted by atomic mass is 9.89. The molecule has 0 radical (unpaired) electrons. The maximum atomic E-state index is 11.0. The Morgan fingerprint density at radius 2 is 2.00 bits per heavy atom. The third-order valence-electron chi connectivity index (χ3n) is 3.81. The molecule has 2 aliphatic rings. The average molecular weight is 223 g/mol. The molecule has 1 aliphatic carbocycles. The SMILES string of the molecule is COC(=O)/C=C/C1CCN1C1CCCCC1. The van der Waals surface area contributed by atoms with Crippen LogP contribution in [0.4, 0.5) is 0 Å². The molecule has 1 saturated heterocycles. The number of esters is 1. The van der Waals surface area contributed by atoms with E-state index in [1.54, 1.807) is 6.08 Å². The number of nitrogens with zero attached hydrogens (tertiary/aromatic N) is 1. The predicted molar refractivity (Wildman–Crippen MR) is 63.1 cm³/mol. The fourth-order valence-corrected chi connectivity index (χ4v) is 2.76. The summed E-state index contributed by atoms with van der Waals surface area (Å²) in [5, 5.41) is 0. The van der Waals surface area contributed by atoms with Gasteiger partial charge in [0.05, 0.1) is 7.11 Å². The second-order valence-electron chi connectivity index (χ2n) is 4.77. The van der Waals surface area contributed by atoms with Crippen molar-refractivity contribution in [3.8, 4) is 0 Å². The van der Waals surface area contributed by atoms with Crippen molar-refractivity contribution >= 4 is 5.97 Å². The number of carbonyl (C=O) groups is 1. The summed E-state index contributed by atoms with van der Waals surface area (Å²) in [4.78, 5) is 13.6. The van der Waals surface area contributed by atoms with Gasteiger partial charge in [0.15, 0.2) is 0 Å². The van der Waals surface area contributed by atoms with E-state index in [4.69, 9.17) is 0 Å². The first-order valence-electron chi connectivity index (χ1n) is 6.33. The minimum Gasteiger partial charge on any atom is -0.466 e. The fourth-order valence-electron chi connectivity index (χ4n) is 2.76. The zero-order valence-corrected chi connectivity index (χ0v) is 10.0. The Hall–Kier alpha value is -0.830. The van der Waals surface area contributed by atoms with Crippen LogP contribution in [0.15, 0.2) is 12.2 Å². The van der Waals surface area contributed by atoms with Gasteiger partial charge in [0.1, 0.15) is 0 Å². The summed E-state index contributed by atoms with van der Waals surface area (Å²) in [6, 6.07) is 1.23.